The Bertz CT molecular complexity index is 627. The van der Waals surface area contributed by atoms with Crippen molar-refractivity contribution in [2.24, 2.45) is 0 Å². The van der Waals surface area contributed by atoms with Gasteiger partial charge in [-0.3, -0.25) is 9.36 Å². The summed E-state index contributed by atoms with van der Waals surface area (Å²) < 4.78 is 41.4. The van der Waals surface area contributed by atoms with Crippen LogP contribution in [0.3, 0.4) is 0 Å². The van der Waals surface area contributed by atoms with Gasteiger partial charge in [0.15, 0.2) is 0 Å². The molecule has 0 atom stereocenters. The second-order valence-electron chi connectivity index (χ2n) is 5.01. The lowest BCUT2D eigenvalue weighted by molar-refractivity contribution is -0.144. The molecule has 0 radical (unpaired) electrons. The zero-order valence-electron chi connectivity index (χ0n) is 12.9. The molecule has 0 spiro atoms. The fourth-order valence-corrected chi connectivity index (χ4v) is 2.33. The molecule has 1 N–H and O–H groups in total. The molecule has 2 aromatic heterocycles. The Hall–Kier alpha value is -1.83. The van der Waals surface area contributed by atoms with Gasteiger partial charge in [0.1, 0.15) is 5.69 Å². The Balaban J connectivity index is 2.00. The smallest absolute Gasteiger partial charge is 0.307 e. The highest BCUT2D eigenvalue weighted by molar-refractivity contribution is 5.17. The van der Waals surface area contributed by atoms with E-state index < -0.39 is 11.9 Å². The van der Waals surface area contributed by atoms with Crippen LogP contribution in [-0.4, -0.2) is 19.6 Å². The van der Waals surface area contributed by atoms with Gasteiger partial charge in [0.25, 0.3) is 0 Å². The van der Waals surface area contributed by atoms with Gasteiger partial charge < -0.3 is 5.32 Å². The Labute approximate surface area is 127 Å². The van der Waals surface area contributed by atoms with Crippen molar-refractivity contribution in [1.82, 2.24) is 24.9 Å². The van der Waals surface area contributed by atoms with Gasteiger partial charge in [-0.1, -0.05) is 0 Å². The molecule has 0 bridgehead atoms. The van der Waals surface area contributed by atoms with Crippen LogP contribution in [-0.2, 0) is 32.4 Å². The van der Waals surface area contributed by atoms with Crippen molar-refractivity contribution in [1.29, 1.82) is 0 Å². The Morgan fingerprint density at radius 1 is 1.14 bits per heavy atom. The lowest BCUT2D eigenvalue weighted by Gasteiger charge is -2.07. The molecule has 0 aliphatic rings. The maximum Gasteiger partial charge on any atom is 0.433 e. The molecule has 5 nitrogen and oxygen atoms in total. The van der Waals surface area contributed by atoms with E-state index in [0.717, 1.165) is 28.6 Å². The zero-order chi connectivity index (χ0) is 16.3. The van der Waals surface area contributed by atoms with Crippen molar-refractivity contribution in [3.8, 4) is 0 Å². The fourth-order valence-electron chi connectivity index (χ4n) is 2.33. The first kappa shape index (κ1) is 16.5. The highest BCUT2D eigenvalue weighted by Crippen LogP contribution is 2.29. The quantitative estimate of drug-likeness (QED) is 0.891. The second kappa shape index (κ2) is 6.51. The standard InChI is InChI=1S/C14H20F3N5/c1-4-21-10(3)11(8-19-21)7-18-9-12-6-13(14(15,16)17)22(5-2)20-12/h6,8,18H,4-5,7,9H2,1-3H3. The molecular weight excluding hydrogens is 295 g/mol. The third-order valence-electron chi connectivity index (χ3n) is 3.55. The van der Waals surface area contributed by atoms with E-state index in [1.807, 2.05) is 18.5 Å². The summed E-state index contributed by atoms with van der Waals surface area (Å²) in [5.41, 5.74) is 1.77. The van der Waals surface area contributed by atoms with Crippen molar-refractivity contribution < 1.29 is 13.2 Å². The molecule has 122 valence electrons. The van der Waals surface area contributed by atoms with Crippen LogP contribution < -0.4 is 5.32 Å². The van der Waals surface area contributed by atoms with Gasteiger partial charge in [-0.05, 0) is 26.8 Å². The average molecular weight is 315 g/mol. The van der Waals surface area contributed by atoms with E-state index in [1.54, 1.807) is 13.1 Å². The minimum atomic E-state index is -4.37. The Morgan fingerprint density at radius 3 is 2.32 bits per heavy atom. The van der Waals surface area contributed by atoms with Crippen LogP contribution in [0.4, 0.5) is 13.2 Å². The van der Waals surface area contributed by atoms with Crippen molar-refractivity contribution in [3.63, 3.8) is 0 Å². The third-order valence-corrected chi connectivity index (χ3v) is 3.55. The molecule has 2 rings (SSSR count). The largest absolute Gasteiger partial charge is 0.433 e. The number of nitrogens with zero attached hydrogens (tertiary/aromatic N) is 4. The predicted octanol–water partition coefficient (Wildman–Crippen LogP) is 2.74. The molecule has 0 aromatic carbocycles. The number of hydrogen-bond donors (Lipinski definition) is 1. The minimum absolute atomic E-state index is 0.192. The number of aryl methyl sites for hydroxylation is 2. The summed E-state index contributed by atoms with van der Waals surface area (Å²) in [6, 6.07) is 1.10. The minimum Gasteiger partial charge on any atom is -0.307 e. The van der Waals surface area contributed by atoms with E-state index in [4.69, 9.17) is 0 Å². The van der Waals surface area contributed by atoms with Crippen LogP contribution >= 0.6 is 0 Å². The molecule has 0 fully saturated rings. The number of halogens is 3. The molecule has 22 heavy (non-hydrogen) atoms. The highest BCUT2D eigenvalue weighted by Gasteiger charge is 2.35. The highest BCUT2D eigenvalue weighted by atomic mass is 19.4. The maximum atomic E-state index is 12.8. The number of hydrogen-bond acceptors (Lipinski definition) is 3. The Kier molecular flexibility index (Phi) is 4.90. The predicted molar refractivity (Wildman–Crippen MR) is 76.1 cm³/mol. The normalized spacial score (nSPS) is 12.1. The van der Waals surface area contributed by atoms with Gasteiger partial charge in [-0.2, -0.15) is 23.4 Å². The zero-order valence-corrected chi connectivity index (χ0v) is 12.9. The van der Waals surface area contributed by atoms with Crippen molar-refractivity contribution >= 4 is 0 Å². The van der Waals surface area contributed by atoms with Crippen molar-refractivity contribution in [2.75, 3.05) is 0 Å². The van der Waals surface area contributed by atoms with E-state index in [9.17, 15) is 13.2 Å². The van der Waals surface area contributed by atoms with E-state index in [-0.39, 0.29) is 13.1 Å². The summed E-state index contributed by atoms with van der Waals surface area (Å²) in [6.07, 6.45) is -2.60. The average Bonchev–Trinajstić information content (AvgIpc) is 3.03. The number of rotatable bonds is 6. The monoisotopic (exact) mass is 315 g/mol. The van der Waals surface area contributed by atoms with Crippen LogP contribution in [0.25, 0.3) is 0 Å². The number of alkyl halides is 3. The third kappa shape index (κ3) is 3.49. The van der Waals surface area contributed by atoms with Crippen molar-refractivity contribution in [2.45, 2.75) is 53.1 Å². The summed E-state index contributed by atoms with van der Waals surface area (Å²) in [5.74, 6) is 0. The lowest BCUT2D eigenvalue weighted by atomic mass is 10.2. The van der Waals surface area contributed by atoms with Crippen LogP contribution in [0.15, 0.2) is 12.3 Å². The molecular formula is C14H20F3N5. The van der Waals surface area contributed by atoms with E-state index in [1.165, 1.54) is 0 Å². The van der Waals surface area contributed by atoms with Gasteiger partial charge in [0.05, 0.1) is 11.9 Å². The summed E-state index contributed by atoms with van der Waals surface area (Å²) >= 11 is 0. The SMILES string of the molecule is CCn1nc(CNCc2cnn(CC)c2C)cc1C(F)(F)F. The summed E-state index contributed by atoms with van der Waals surface area (Å²) in [6.45, 7) is 7.44. The van der Waals surface area contributed by atoms with Crippen LogP contribution in [0.1, 0.15) is 36.5 Å². The van der Waals surface area contributed by atoms with Gasteiger partial charge in [-0.15, -0.1) is 0 Å². The first-order valence-electron chi connectivity index (χ1n) is 7.22. The molecule has 0 unspecified atom stereocenters. The van der Waals surface area contributed by atoms with Gasteiger partial charge in [0, 0.05) is 37.4 Å². The molecule has 2 heterocycles. The molecule has 0 aliphatic carbocycles. The Morgan fingerprint density at radius 2 is 1.82 bits per heavy atom. The summed E-state index contributed by atoms with van der Waals surface area (Å²) in [5, 5.41) is 11.3. The molecule has 0 aliphatic heterocycles. The second-order valence-corrected chi connectivity index (χ2v) is 5.01. The van der Waals surface area contributed by atoms with Crippen LogP contribution in [0.2, 0.25) is 0 Å². The molecule has 8 heteroatoms. The first-order chi connectivity index (χ1) is 10.4. The van der Waals surface area contributed by atoms with Crippen LogP contribution in [0.5, 0.6) is 0 Å². The molecule has 2 aromatic rings. The topological polar surface area (TPSA) is 47.7 Å². The van der Waals surface area contributed by atoms with Gasteiger partial charge in [0.2, 0.25) is 0 Å². The molecule has 0 amide bonds. The maximum absolute atomic E-state index is 12.8. The van der Waals surface area contributed by atoms with Crippen LogP contribution in [0, 0.1) is 6.92 Å². The van der Waals surface area contributed by atoms with Gasteiger partial charge >= 0.3 is 6.18 Å². The summed E-state index contributed by atoms with van der Waals surface area (Å²) in [7, 11) is 0. The fraction of sp³-hybridized carbons (Fsp3) is 0.571. The summed E-state index contributed by atoms with van der Waals surface area (Å²) in [4.78, 5) is 0. The lowest BCUT2D eigenvalue weighted by Crippen LogP contribution is -2.14. The molecule has 0 saturated carbocycles. The van der Waals surface area contributed by atoms with Gasteiger partial charge in [-0.25, -0.2) is 0 Å². The van der Waals surface area contributed by atoms with E-state index in [0.29, 0.717) is 12.2 Å². The van der Waals surface area contributed by atoms with E-state index >= 15 is 0 Å². The number of aromatic nitrogens is 4. The first-order valence-corrected chi connectivity index (χ1v) is 7.22. The number of nitrogens with one attached hydrogen (secondary N) is 1. The molecule has 0 saturated heterocycles. The van der Waals surface area contributed by atoms with E-state index in [2.05, 4.69) is 15.5 Å². The van der Waals surface area contributed by atoms with Crippen molar-refractivity contribution in [3.05, 3.63) is 34.9 Å².